The molecule has 0 radical (unpaired) electrons. The SMILES string of the molecule is Cc1cc2sc(=NC(=O)Cc3ccccc3)n(C)c2cc1C. The quantitative estimate of drug-likeness (QED) is 0.713. The number of rotatable bonds is 2. The van der Waals surface area contributed by atoms with E-state index in [0.29, 0.717) is 6.42 Å². The first-order valence-corrected chi connectivity index (χ1v) is 8.04. The van der Waals surface area contributed by atoms with Gasteiger partial charge >= 0.3 is 0 Å². The summed E-state index contributed by atoms with van der Waals surface area (Å²) < 4.78 is 3.16. The number of thiazole rings is 1. The van der Waals surface area contributed by atoms with Gasteiger partial charge in [0, 0.05) is 7.05 Å². The number of fused-ring (bicyclic) bond motifs is 1. The molecule has 0 aliphatic heterocycles. The summed E-state index contributed by atoms with van der Waals surface area (Å²) in [5, 5.41) is 0. The van der Waals surface area contributed by atoms with Crippen LogP contribution in [0.3, 0.4) is 0 Å². The first-order chi connectivity index (χ1) is 10.5. The van der Waals surface area contributed by atoms with Crippen molar-refractivity contribution in [1.29, 1.82) is 0 Å². The summed E-state index contributed by atoms with van der Waals surface area (Å²) in [5.74, 6) is -0.109. The molecule has 3 nitrogen and oxygen atoms in total. The maximum Gasteiger partial charge on any atom is 0.252 e. The van der Waals surface area contributed by atoms with Crippen LogP contribution in [0.4, 0.5) is 0 Å². The van der Waals surface area contributed by atoms with Crippen molar-refractivity contribution in [3.63, 3.8) is 0 Å². The average Bonchev–Trinajstić information content (AvgIpc) is 2.77. The van der Waals surface area contributed by atoms with Gasteiger partial charge in [-0.25, -0.2) is 0 Å². The number of benzene rings is 2. The number of carbonyl (C=O) groups excluding carboxylic acids is 1. The van der Waals surface area contributed by atoms with E-state index in [4.69, 9.17) is 0 Å². The molecule has 0 spiro atoms. The van der Waals surface area contributed by atoms with Crippen LogP contribution in [0, 0.1) is 13.8 Å². The van der Waals surface area contributed by atoms with Gasteiger partial charge in [0.25, 0.3) is 5.91 Å². The minimum absolute atomic E-state index is 0.109. The zero-order valence-electron chi connectivity index (χ0n) is 13.0. The van der Waals surface area contributed by atoms with Crippen LogP contribution in [0.2, 0.25) is 0 Å². The second-order valence-corrected chi connectivity index (χ2v) is 6.52. The van der Waals surface area contributed by atoms with E-state index in [9.17, 15) is 4.79 Å². The van der Waals surface area contributed by atoms with Crippen molar-refractivity contribution in [1.82, 2.24) is 4.57 Å². The molecule has 0 N–H and O–H groups in total. The van der Waals surface area contributed by atoms with E-state index in [1.54, 1.807) is 11.3 Å². The molecule has 3 aromatic rings. The van der Waals surface area contributed by atoms with Gasteiger partial charge in [0.05, 0.1) is 16.6 Å². The highest BCUT2D eigenvalue weighted by Crippen LogP contribution is 2.21. The Kier molecular flexibility index (Phi) is 3.94. The zero-order chi connectivity index (χ0) is 15.7. The van der Waals surface area contributed by atoms with Gasteiger partial charge in [-0.2, -0.15) is 4.99 Å². The second-order valence-electron chi connectivity index (χ2n) is 5.52. The molecule has 112 valence electrons. The fourth-order valence-corrected chi connectivity index (χ4v) is 3.52. The first-order valence-electron chi connectivity index (χ1n) is 7.23. The third kappa shape index (κ3) is 2.88. The Balaban J connectivity index is 1.99. The molecular weight excluding hydrogens is 292 g/mol. The van der Waals surface area contributed by atoms with Crippen molar-refractivity contribution in [3.05, 3.63) is 64.0 Å². The Morgan fingerprint density at radius 2 is 1.82 bits per heavy atom. The average molecular weight is 310 g/mol. The molecule has 0 atom stereocenters. The number of aryl methyl sites for hydroxylation is 3. The predicted molar refractivity (Wildman–Crippen MR) is 91.0 cm³/mol. The van der Waals surface area contributed by atoms with Gasteiger partial charge < -0.3 is 4.57 Å². The van der Waals surface area contributed by atoms with Crippen LogP contribution in [-0.4, -0.2) is 10.5 Å². The van der Waals surface area contributed by atoms with Crippen LogP contribution in [0.25, 0.3) is 10.2 Å². The highest BCUT2D eigenvalue weighted by Gasteiger charge is 2.07. The highest BCUT2D eigenvalue weighted by atomic mass is 32.1. The molecule has 1 aromatic heterocycles. The summed E-state index contributed by atoms with van der Waals surface area (Å²) in [7, 11) is 1.96. The zero-order valence-corrected chi connectivity index (χ0v) is 13.8. The minimum atomic E-state index is -0.109. The van der Waals surface area contributed by atoms with Crippen LogP contribution in [-0.2, 0) is 18.3 Å². The molecule has 0 fully saturated rings. The van der Waals surface area contributed by atoms with Gasteiger partial charge in [-0.3, -0.25) is 4.79 Å². The molecule has 0 saturated heterocycles. The Bertz CT molecular complexity index is 904. The van der Waals surface area contributed by atoms with Gasteiger partial charge in [0.2, 0.25) is 0 Å². The largest absolute Gasteiger partial charge is 0.319 e. The number of hydrogen-bond acceptors (Lipinski definition) is 2. The van der Waals surface area contributed by atoms with Crippen LogP contribution in [0.1, 0.15) is 16.7 Å². The fourth-order valence-electron chi connectivity index (χ4n) is 2.40. The number of nitrogens with zero attached hydrogens (tertiary/aromatic N) is 2. The van der Waals surface area contributed by atoms with E-state index >= 15 is 0 Å². The van der Waals surface area contributed by atoms with E-state index in [2.05, 4.69) is 31.0 Å². The van der Waals surface area contributed by atoms with E-state index < -0.39 is 0 Å². The maximum absolute atomic E-state index is 12.2. The highest BCUT2D eigenvalue weighted by molar-refractivity contribution is 7.16. The molecular formula is C18H18N2OS. The number of aromatic nitrogens is 1. The molecule has 0 bridgehead atoms. The van der Waals surface area contributed by atoms with Crippen LogP contribution < -0.4 is 4.80 Å². The van der Waals surface area contributed by atoms with Crippen molar-refractivity contribution in [2.75, 3.05) is 0 Å². The van der Waals surface area contributed by atoms with Crippen molar-refractivity contribution in [2.45, 2.75) is 20.3 Å². The summed E-state index contributed by atoms with van der Waals surface area (Å²) in [4.78, 5) is 17.2. The van der Waals surface area contributed by atoms with Gasteiger partial charge in [-0.1, -0.05) is 41.7 Å². The lowest BCUT2D eigenvalue weighted by Crippen LogP contribution is -2.14. The Morgan fingerprint density at radius 1 is 1.14 bits per heavy atom. The van der Waals surface area contributed by atoms with Crippen LogP contribution >= 0.6 is 11.3 Å². The molecule has 1 heterocycles. The maximum atomic E-state index is 12.2. The second kappa shape index (κ2) is 5.89. The van der Waals surface area contributed by atoms with Gasteiger partial charge in [-0.15, -0.1) is 0 Å². The summed E-state index contributed by atoms with van der Waals surface area (Å²) in [6, 6.07) is 14.0. The monoisotopic (exact) mass is 310 g/mol. The predicted octanol–water partition coefficient (Wildman–Crippen LogP) is 3.53. The lowest BCUT2D eigenvalue weighted by atomic mass is 10.1. The number of amides is 1. The Labute approximate surface area is 133 Å². The number of carbonyl (C=O) groups is 1. The van der Waals surface area contributed by atoms with E-state index in [1.165, 1.54) is 11.1 Å². The lowest BCUT2D eigenvalue weighted by Gasteiger charge is -2.01. The third-order valence-corrected chi connectivity index (χ3v) is 4.94. The van der Waals surface area contributed by atoms with Gasteiger partial charge in [0.15, 0.2) is 4.80 Å². The van der Waals surface area contributed by atoms with E-state index in [-0.39, 0.29) is 5.91 Å². The topological polar surface area (TPSA) is 34.4 Å². The summed E-state index contributed by atoms with van der Waals surface area (Å²) in [6.45, 7) is 4.20. The van der Waals surface area contributed by atoms with Crippen molar-refractivity contribution in [2.24, 2.45) is 12.0 Å². The van der Waals surface area contributed by atoms with Crippen LogP contribution in [0.5, 0.6) is 0 Å². The van der Waals surface area contributed by atoms with Gasteiger partial charge in [0.1, 0.15) is 0 Å². The standard InChI is InChI=1S/C18H18N2OS/c1-12-9-15-16(10-13(12)2)22-18(20(15)3)19-17(21)11-14-7-5-4-6-8-14/h4-10H,11H2,1-3H3. The van der Waals surface area contributed by atoms with Crippen LogP contribution in [0.15, 0.2) is 47.5 Å². The smallest absolute Gasteiger partial charge is 0.252 e. The molecule has 0 aliphatic carbocycles. The summed E-state index contributed by atoms with van der Waals surface area (Å²) >= 11 is 1.56. The number of hydrogen-bond donors (Lipinski definition) is 0. The van der Waals surface area contributed by atoms with Gasteiger partial charge in [-0.05, 0) is 42.7 Å². The molecule has 3 rings (SSSR count). The van der Waals surface area contributed by atoms with E-state index in [1.807, 2.05) is 41.9 Å². The summed E-state index contributed by atoms with van der Waals surface area (Å²) in [5.41, 5.74) is 4.63. The fraction of sp³-hybridized carbons (Fsp3) is 0.222. The molecule has 22 heavy (non-hydrogen) atoms. The molecule has 2 aromatic carbocycles. The molecule has 0 aliphatic rings. The van der Waals surface area contributed by atoms with Crippen molar-refractivity contribution >= 4 is 27.5 Å². The normalized spacial score (nSPS) is 12.0. The molecule has 0 saturated carbocycles. The Hall–Kier alpha value is -2.20. The molecule has 4 heteroatoms. The van der Waals surface area contributed by atoms with Crippen molar-refractivity contribution in [3.8, 4) is 0 Å². The first kappa shape index (κ1) is 14.7. The third-order valence-electron chi connectivity index (χ3n) is 3.84. The summed E-state index contributed by atoms with van der Waals surface area (Å²) in [6.07, 6.45) is 0.340. The van der Waals surface area contributed by atoms with Crippen molar-refractivity contribution < 1.29 is 4.79 Å². The molecule has 1 amide bonds. The van der Waals surface area contributed by atoms with E-state index in [0.717, 1.165) is 20.6 Å². The Morgan fingerprint density at radius 3 is 2.55 bits per heavy atom. The lowest BCUT2D eigenvalue weighted by molar-refractivity contribution is -0.117. The molecule has 0 unspecified atom stereocenters. The minimum Gasteiger partial charge on any atom is -0.319 e.